The number of carbonyl (C=O) groups is 1. The first-order valence-electron chi connectivity index (χ1n) is 4.26. The summed E-state index contributed by atoms with van der Waals surface area (Å²) >= 11 is 0. The molecule has 62 valence electrons. The van der Waals surface area contributed by atoms with Gasteiger partial charge in [-0.15, -0.1) is 0 Å². The number of Topliss-reactive ketones (excluding diaryl/α,β-unsaturated/α-hetero) is 1. The van der Waals surface area contributed by atoms with Crippen LogP contribution in [0.3, 0.4) is 0 Å². The molecule has 1 nitrogen and oxygen atoms in total. The molecule has 2 atom stereocenters. The maximum atomic E-state index is 11.2. The van der Waals surface area contributed by atoms with Crippen LogP contribution in [0.25, 0.3) is 0 Å². The third-order valence-electron chi connectivity index (χ3n) is 2.83. The highest BCUT2D eigenvalue weighted by Crippen LogP contribution is 2.36. The Balaban J connectivity index is 2.75. The molecule has 0 heterocycles. The van der Waals surface area contributed by atoms with Crippen LogP contribution in [0, 0.1) is 17.8 Å². The first kappa shape index (κ1) is 8.51. The molecule has 1 aliphatic rings. The summed E-state index contributed by atoms with van der Waals surface area (Å²) in [5, 5.41) is 0. The van der Waals surface area contributed by atoms with Gasteiger partial charge in [0, 0.05) is 6.42 Å². The van der Waals surface area contributed by atoms with Crippen LogP contribution in [-0.4, -0.2) is 5.78 Å². The van der Waals surface area contributed by atoms with Crippen LogP contribution in [0.15, 0.2) is 12.2 Å². The van der Waals surface area contributed by atoms with E-state index in [0.29, 0.717) is 17.8 Å². The van der Waals surface area contributed by atoms with E-state index >= 15 is 0 Å². The van der Waals surface area contributed by atoms with Crippen molar-refractivity contribution < 1.29 is 4.79 Å². The second-order valence-electron chi connectivity index (χ2n) is 3.85. The van der Waals surface area contributed by atoms with Gasteiger partial charge < -0.3 is 0 Å². The summed E-state index contributed by atoms with van der Waals surface area (Å²) in [6.45, 7) is 10.3. The fraction of sp³-hybridized carbons (Fsp3) is 0.700. The molecular formula is C10H16O. The Morgan fingerprint density at radius 1 is 1.55 bits per heavy atom. The highest BCUT2D eigenvalue weighted by atomic mass is 16.1. The standard InChI is InChI=1S/C10H16O/c1-6(2)9-5-10(11)8(4)7(9)3/h6-7,9H,4-5H2,1-3H3/t7-,9+/m1/s1. The van der Waals surface area contributed by atoms with Crippen molar-refractivity contribution >= 4 is 5.78 Å². The van der Waals surface area contributed by atoms with E-state index in [9.17, 15) is 4.79 Å². The van der Waals surface area contributed by atoms with Crippen LogP contribution >= 0.6 is 0 Å². The van der Waals surface area contributed by atoms with Gasteiger partial charge in [0.2, 0.25) is 0 Å². The van der Waals surface area contributed by atoms with Crippen molar-refractivity contribution in [1.29, 1.82) is 0 Å². The third-order valence-corrected chi connectivity index (χ3v) is 2.83. The minimum atomic E-state index is 0.274. The number of allylic oxidation sites excluding steroid dienone is 1. The van der Waals surface area contributed by atoms with Crippen molar-refractivity contribution in [2.45, 2.75) is 27.2 Å². The molecule has 1 saturated carbocycles. The normalized spacial score (nSPS) is 32.0. The van der Waals surface area contributed by atoms with E-state index in [2.05, 4.69) is 27.4 Å². The van der Waals surface area contributed by atoms with Gasteiger partial charge in [-0.25, -0.2) is 0 Å². The lowest BCUT2D eigenvalue weighted by atomic mass is 9.86. The number of ketones is 1. The van der Waals surface area contributed by atoms with Crippen molar-refractivity contribution in [2.75, 3.05) is 0 Å². The SMILES string of the molecule is C=C1C(=O)C[C@@H](C(C)C)[C@@H]1C. The summed E-state index contributed by atoms with van der Waals surface area (Å²) in [4.78, 5) is 11.2. The van der Waals surface area contributed by atoms with Gasteiger partial charge in [-0.3, -0.25) is 4.79 Å². The summed E-state index contributed by atoms with van der Waals surface area (Å²) in [6.07, 6.45) is 0.720. The van der Waals surface area contributed by atoms with Gasteiger partial charge in [0.05, 0.1) is 0 Å². The molecule has 0 unspecified atom stereocenters. The molecule has 1 rings (SSSR count). The Bertz CT molecular complexity index is 191. The van der Waals surface area contributed by atoms with Crippen molar-refractivity contribution in [2.24, 2.45) is 17.8 Å². The second kappa shape index (κ2) is 2.80. The smallest absolute Gasteiger partial charge is 0.158 e. The number of carbonyl (C=O) groups excluding carboxylic acids is 1. The summed E-state index contributed by atoms with van der Waals surface area (Å²) in [5.74, 6) is 1.82. The molecule has 0 radical (unpaired) electrons. The summed E-state index contributed by atoms with van der Waals surface area (Å²) in [6, 6.07) is 0. The average molecular weight is 152 g/mol. The lowest BCUT2D eigenvalue weighted by molar-refractivity contribution is -0.114. The molecule has 0 aliphatic heterocycles. The van der Waals surface area contributed by atoms with Crippen LogP contribution in [0.2, 0.25) is 0 Å². The second-order valence-corrected chi connectivity index (χ2v) is 3.85. The Kier molecular flexibility index (Phi) is 2.17. The molecule has 0 bridgehead atoms. The van der Waals surface area contributed by atoms with Gasteiger partial charge in [-0.1, -0.05) is 27.4 Å². The Hall–Kier alpha value is -0.590. The minimum absolute atomic E-state index is 0.274. The molecule has 11 heavy (non-hydrogen) atoms. The Morgan fingerprint density at radius 3 is 2.27 bits per heavy atom. The van der Waals surface area contributed by atoms with E-state index in [0.717, 1.165) is 12.0 Å². The summed E-state index contributed by atoms with van der Waals surface area (Å²) in [7, 11) is 0. The van der Waals surface area contributed by atoms with E-state index in [-0.39, 0.29) is 5.78 Å². The van der Waals surface area contributed by atoms with Crippen LogP contribution < -0.4 is 0 Å². The molecule has 1 fully saturated rings. The highest BCUT2D eigenvalue weighted by molar-refractivity contribution is 5.97. The lowest BCUT2D eigenvalue weighted by Gasteiger charge is -2.18. The quantitative estimate of drug-likeness (QED) is 0.527. The molecule has 1 aliphatic carbocycles. The van der Waals surface area contributed by atoms with E-state index in [1.165, 1.54) is 0 Å². The molecule has 0 saturated heterocycles. The molecule has 0 aromatic heterocycles. The van der Waals surface area contributed by atoms with E-state index in [1.54, 1.807) is 0 Å². The first-order chi connectivity index (χ1) is 5.04. The fourth-order valence-electron chi connectivity index (χ4n) is 1.85. The van der Waals surface area contributed by atoms with Gasteiger partial charge in [0.25, 0.3) is 0 Å². The maximum Gasteiger partial charge on any atom is 0.158 e. The van der Waals surface area contributed by atoms with E-state index in [4.69, 9.17) is 0 Å². The van der Waals surface area contributed by atoms with E-state index in [1.807, 2.05) is 0 Å². The highest BCUT2D eigenvalue weighted by Gasteiger charge is 2.34. The molecule has 0 spiro atoms. The molecule has 1 heteroatoms. The zero-order valence-corrected chi connectivity index (χ0v) is 7.55. The van der Waals surface area contributed by atoms with Gasteiger partial charge in [-0.2, -0.15) is 0 Å². The first-order valence-corrected chi connectivity index (χ1v) is 4.26. The topological polar surface area (TPSA) is 17.1 Å². The Morgan fingerprint density at radius 2 is 2.09 bits per heavy atom. The third kappa shape index (κ3) is 1.37. The Labute approximate surface area is 68.5 Å². The molecule has 0 aromatic carbocycles. The molecule has 0 N–H and O–H groups in total. The van der Waals surface area contributed by atoms with Crippen molar-refractivity contribution in [3.05, 3.63) is 12.2 Å². The summed E-state index contributed by atoms with van der Waals surface area (Å²) < 4.78 is 0. The predicted octanol–water partition coefficient (Wildman–Crippen LogP) is 2.42. The van der Waals surface area contributed by atoms with Gasteiger partial charge >= 0.3 is 0 Å². The van der Waals surface area contributed by atoms with Crippen molar-refractivity contribution in [1.82, 2.24) is 0 Å². The van der Waals surface area contributed by atoms with Gasteiger partial charge in [0.1, 0.15) is 0 Å². The molecule has 0 aromatic rings. The van der Waals surface area contributed by atoms with Crippen LogP contribution in [0.4, 0.5) is 0 Å². The zero-order chi connectivity index (χ0) is 8.59. The minimum Gasteiger partial charge on any atom is -0.295 e. The fourth-order valence-corrected chi connectivity index (χ4v) is 1.85. The van der Waals surface area contributed by atoms with Crippen LogP contribution in [0.5, 0.6) is 0 Å². The molecule has 0 amide bonds. The average Bonchev–Trinajstić information content (AvgIpc) is 2.17. The largest absolute Gasteiger partial charge is 0.295 e. The number of rotatable bonds is 1. The molecular weight excluding hydrogens is 136 g/mol. The maximum absolute atomic E-state index is 11.2. The van der Waals surface area contributed by atoms with Crippen LogP contribution in [0.1, 0.15) is 27.2 Å². The lowest BCUT2D eigenvalue weighted by Crippen LogP contribution is -2.11. The van der Waals surface area contributed by atoms with Gasteiger partial charge in [-0.05, 0) is 23.3 Å². The van der Waals surface area contributed by atoms with Crippen molar-refractivity contribution in [3.63, 3.8) is 0 Å². The summed E-state index contributed by atoms with van der Waals surface area (Å²) in [5.41, 5.74) is 0.837. The predicted molar refractivity (Wildman–Crippen MR) is 46.3 cm³/mol. The van der Waals surface area contributed by atoms with E-state index < -0.39 is 0 Å². The van der Waals surface area contributed by atoms with Gasteiger partial charge in [0.15, 0.2) is 5.78 Å². The zero-order valence-electron chi connectivity index (χ0n) is 7.55. The monoisotopic (exact) mass is 152 g/mol. The number of hydrogen-bond donors (Lipinski definition) is 0. The van der Waals surface area contributed by atoms with Crippen molar-refractivity contribution in [3.8, 4) is 0 Å². The number of hydrogen-bond acceptors (Lipinski definition) is 1. The van der Waals surface area contributed by atoms with Crippen LogP contribution in [-0.2, 0) is 4.79 Å².